The van der Waals surface area contributed by atoms with Gasteiger partial charge in [-0.1, -0.05) is 12.8 Å². The minimum absolute atomic E-state index is 0.0438. The van der Waals surface area contributed by atoms with E-state index in [9.17, 15) is 14.9 Å². The van der Waals surface area contributed by atoms with E-state index in [0.717, 1.165) is 42.5 Å². The lowest BCUT2D eigenvalue weighted by atomic mass is 10.1. The molecule has 0 saturated heterocycles. The third-order valence-electron chi connectivity index (χ3n) is 5.74. The first-order valence-corrected chi connectivity index (χ1v) is 10.2. The van der Waals surface area contributed by atoms with Gasteiger partial charge in [-0.05, 0) is 38.0 Å². The zero-order valence-electron chi connectivity index (χ0n) is 17.2. The molecule has 1 aromatic heterocycles. The highest BCUT2D eigenvalue weighted by atomic mass is 16.6. The minimum atomic E-state index is -0.459. The molecule has 0 unspecified atom stereocenters. The molecule has 0 aliphatic heterocycles. The van der Waals surface area contributed by atoms with Gasteiger partial charge < -0.3 is 9.47 Å². The predicted octanol–water partition coefficient (Wildman–Crippen LogP) is 4.28. The standard InChI is InChI=1S/C22H25N3O5/c1-3-30-18-10-11-19-20(13-18)24(16-6-4-5-7-16)22(26)23(19)14-15-8-9-17(25(27)28)12-21(15)29-2/h8-13,16H,3-7,14H2,1-2H3. The molecule has 0 bridgehead atoms. The summed E-state index contributed by atoms with van der Waals surface area (Å²) in [6, 6.07) is 10.4. The van der Waals surface area contributed by atoms with Crippen molar-refractivity contribution in [3.8, 4) is 11.5 Å². The fraction of sp³-hybridized carbons (Fsp3) is 0.409. The molecule has 1 fully saturated rings. The predicted molar refractivity (Wildman–Crippen MR) is 114 cm³/mol. The van der Waals surface area contributed by atoms with Crippen molar-refractivity contribution in [1.82, 2.24) is 9.13 Å². The summed E-state index contributed by atoms with van der Waals surface area (Å²) in [5.41, 5.74) is 2.27. The molecular formula is C22H25N3O5. The van der Waals surface area contributed by atoms with Crippen molar-refractivity contribution in [2.75, 3.05) is 13.7 Å². The summed E-state index contributed by atoms with van der Waals surface area (Å²) in [7, 11) is 1.47. The van der Waals surface area contributed by atoms with E-state index in [0.29, 0.717) is 17.9 Å². The SMILES string of the molecule is CCOc1ccc2c(c1)n(C1CCCC1)c(=O)n2Cc1ccc([N+](=O)[O-])cc1OC. The van der Waals surface area contributed by atoms with E-state index in [4.69, 9.17) is 9.47 Å². The van der Waals surface area contributed by atoms with Crippen LogP contribution in [0, 0.1) is 10.1 Å². The van der Waals surface area contributed by atoms with Gasteiger partial charge in [-0.3, -0.25) is 19.2 Å². The highest BCUT2D eigenvalue weighted by molar-refractivity contribution is 5.78. The number of non-ortho nitro benzene ring substituents is 1. The summed E-state index contributed by atoms with van der Waals surface area (Å²) in [6.45, 7) is 2.75. The molecule has 8 heteroatoms. The van der Waals surface area contributed by atoms with Crippen LogP contribution in [0.5, 0.6) is 11.5 Å². The van der Waals surface area contributed by atoms with Crippen molar-refractivity contribution >= 4 is 16.7 Å². The van der Waals surface area contributed by atoms with E-state index in [1.807, 2.05) is 29.7 Å². The van der Waals surface area contributed by atoms with Crippen molar-refractivity contribution in [2.24, 2.45) is 0 Å². The number of rotatable bonds is 7. The van der Waals surface area contributed by atoms with Gasteiger partial charge in [-0.25, -0.2) is 4.79 Å². The van der Waals surface area contributed by atoms with Gasteiger partial charge in [0.2, 0.25) is 0 Å². The van der Waals surface area contributed by atoms with Crippen LogP contribution in [0.3, 0.4) is 0 Å². The number of benzene rings is 2. The van der Waals surface area contributed by atoms with Gasteiger partial charge >= 0.3 is 5.69 Å². The Morgan fingerprint density at radius 2 is 1.90 bits per heavy atom. The lowest BCUT2D eigenvalue weighted by Gasteiger charge is -2.12. The molecule has 3 aromatic rings. The average Bonchev–Trinajstić information content (AvgIpc) is 3.35. The van der Waals surface area contributed by atoms with Crippen LogP contribution >= 0.6 is 0 Å². The number of ether oxygens (including phenoxy) is 2. The van der Waals surface area contributed by atoms with Crippen molar-refractivity contribution < 1.29 is 14.4 Å². The molecule has 1 aliphatic carbocycles. The molecule has 158 valence electrons. The second-order valence-corrected chi connectivity index (χ2v) is 7.51. The number of hydrogen-bond donors (Lipinski definition) is 0. The fourth-order valence-electron chi connectivity index (χ4n) is 4.33. The van der Waals surface area contributed by atoms with Crippen LogP contribution in [0.4, 0.5) is 5.69 Å². The van der Waals surface area contributed by atoms with Gasteiger partial charge in [-0.15, -0.1) is 0 Å². The summed E-state index contributed by atoms with van der Waals surface area (Å²) in [5, 5.41) is 11.1. The van der Waals surface area contributed by atoms with Gasteiger partial charge in [0.15, 0.2) is 0 Å². The maximum absolute atomic E-state index is 13.5. The minimum Gasteiger partial charge on any atom is -0.496 e. The molecule has 1 heterocycles. The first kappa shape index (κ1) is 20.0. The third kappa shape index (κ3) is 3.53. The first-order valence-electron chi connectivity index (χ1n) is 10.2. The molecule has 8 nitrogen and oxygen atoms in total. The van der Waals surface area contributed by atoms with Crippen LogP contribution in [0.25, 0.3) is 11.0 Å². The molecule has 1 aliphatic rings. The maximum atomic E-state index is 13.5. The van der Waals surface area contributed by atoms with E-state index in [1.165, 1.54) is 19.2 Å². The first-order chi connectivity index (χ1) is 14.5. The summed E-state index contributed by atoms with van der Waals surface area (Å²) in [6.07, 6.45) is 4.20. The van der Waals surface area contributed by atoms with E-state index in [2.05, 4.69) is 0 Å². The van der Waals surface area contributed by atoms with E-state index >= 15 is 0 Å². The lowest BCUT2D eigenvalue weighted by Crippen LogP contribution is -2.27. The Balaban J connectivity index is 1.84. The van der Waals surface area contributed by atoms with Crippen molar-refractivity contribution in [1.29, 1.82) is 0 Å². The number of nitro benzene ring substituents is 1. The molecule has 0 spiro atoms. The summed E-state index contributed by atoms with van der Waals surface area (Å²) < 4.78 is 14.6. The van der Waals surface area contributed by atoms with Crippen molar-refractivity contribution in [2.45, 2.75) is 45.2 Å². The number of nitro groups is 1. The summed E-state index contributed by atoms with van der Waals surface area (Å²) in [5.74, 6) is 1.13. The van der Waals surface area contributed by atoms with Gasteiger partial charge in [0.25, 0.3) is 5.69 Å². The second-order valence-electron chi connectivity index (χ2n) is 7.51. The number of methoxy groups -OCH3 is 1. The fourth-order valence-corrected chi connectivity index (χ4v) is 4.33. The largest absolute Gasteiger partial charge is 0.496 e. The monoisotopic (exact) mass is 411 g/mol. The van der Waals surface area contributed by atoms with Gasteiger partial charge in [0.05, 0.1) is 42.3 Å². The second kappa shape index (κ2) is 8.22. The molecule has 2 aromatic carbocycles. The van der Waals surface area contributed by atoms with Crippen LogP contribution in [-0.2, 0) is 6.54 Å². The molecule has 0 radical (unpaired) electrons. The number of aromatic nitrogens is 2. The third-order valence-corrected chi connectivity index (χ3v) is 5.74. The van der Waals surface area contributed by atoms with Crippen molar-refractivity contribution in [3.63, 3.8) is 0 Å². The van der Waals surface area contributed by atoms with E-state index in [1.54, 1.807) is 10.6 Å². The zero-order valence-corrected chi connectivity index (χ0v) is 17.2. The normalized spacial score (nSPS) is 14.3. The van der Waals surface area contributed by atoms with Crippen molar-refractivity contribution in [3.05, 3.63) is 62.6 Å². The Kier molecular flexibility index (Phi) is 5.48. The highest BCUT2D eigenvalue weighted by Gasteiger charge is 2.24. The quantitative estimate of drug-likeness (QED) is 0.428. The number of imidazole rings is 1. The van der Waals surface area contributed by atoms with Crippen LogP contribution < -0.4 is 15.2 Å². The topological polar surface area (TPSA) is 88.5 Å². The number of fused-ring (bicyclic) bond motifs is 1. The van der Waals surface area contributed by atoms with Gasteiger partial charge in [-0.2, -0.15) is 0 Å². The molecule has 0 atom stereocenters. The Morgan fingerprint density at radius 3 is 2.57 bits per heavy atom. The summed E-state index contributed by atoms with van der Waals surface area (Å²) in [4.78, 5) is 24.1. The Labute approximate surface area is 173 Å². The van der Waals surface area contributed by atoms with E-state index in [-0.39, 0.29) is 24.0 Å². The molecule has 4 rings (SSSR count). The average molecular weight is 411 g/mol. The Bertz CT molecular complexity index is 1140. The number of nitrogens with zero attached hydrogens (tertiary/aromatic N) is 3. The van der Waals surface area contributed by atoms with Crippen LogP contribution in [0.15, 0.2) is 41.2 Å². The highest BCUT2D eigenvalue weighted by Crippen LogP contribution is 2.33. The van der Waals surface area contributed by atoms with Crippen LogP contribution in [0.1, 0.15) is 44.2 Å². The maximum Gasteiger partial charge on any atom is 0.329 e. The zero-order chi connectivity index (χ0) is 21.3. The molecule has 0 amide bonds. The summed E-state index contributed by atoms with van der Waals surface area (Å²) >= 11 is 0. The lowest BCUT2D eigenvalue weighted by molar-refractivity contribution is -0.384. The Hall–Kier alpha value is -3.29. The van der Waals surface area contributed by atoms with E-state index < -0.39 is 4.92 Å². The molecule has 30 heavy (non-hydrogen) atoms. The van der Waals surface area contributed by atoms with Crippen LogP contribution in [-0.4, -0.2) is 27.8 Å². The van der Waals surface area contributed by atoms with Gasteiger partial charge in [0, 0.05) is 23.7 Å². The smallest absolute Gasteiger partial charge is 0.329 e. The molecule has 1 saturated carbocycles. The van der Waals surface area contributed by atoms with Gasteiger partial charge in [0.1, 0.15) is 11.5 Å². The molecular weight excluding hydrogens is 386 g/mol. The number of hydrogen-bond acceptors (Lipinski definition) is 5. The van der Waals surface area contributed by atoms with Crippen LogP contribution in [0.2, 0.25) is 0 Å². The Morgan fingerprint density at radius 1 is 1.13 bits per heavy atom. The molecule has 0 N–H and O–H groups in total.